The van der Waals surface area contributed by atoms with Crippen molar-refractivity contribution in [2.45, 2.75) is 19.4 Å². The summed E-state index contributed by atoms with van der Waals surface area (Å²) in [6, 6.07) is 11.6. The quantitative estimate of drug-likeness (QED) is 0.686. The van der Waals surface area contributed by atoms with Crippen molar-refractivity contribution < 1.29 is 14.3 Å². The van der Waals surface area contributed by atoms with Crippen molar-refractivity contribution >= 4 is 33.6 Å². The number of hydrogen-bond acceptors (Lipinski definition) is 3. The number of aryl methyl sites for hydroxylation is 1. The predicted molar refractivity (Wildman–Crippen MR) is 101 cm³/mol. The lowest BCUT2D eigenvalue weighted by Gasteiger charge is -2.18. The fourth-order valence-corrected chi connectivity index (χ4v) is 2.69. The van der Waals surface area contributed by atoms with Gasteiger partial charge >= 0.3 is 6.03 Å². The molecule has 0 heterocycles. The summed E-state index contributed by atoms with van der Waals surface area (Å²) in [6.07, 6.45) is 0.0433. The molecule has 2 rings (SSSR count). The standard InChI is InChI=1S/C18H20BrN3O3/c1-11-3-8-16(25-2)15(9-11)21-17(23)10-14(22-18(20)24)12-4-6-13(19)7-5-12/h3-9,14H,10H2,1-2H3,(H,21,23)(H3,20,22,24). The zero-order valence-corrected chi connectivity index (χ0v) is 15.6. The molecule has 4 N–H and O–H groups in total. The molecule has 2 aromatic rings. The van der Waals surface area contributed by atoms with Crippen LogP contribution in [-0.2, 0) is 4.79 Å². The molecular weight excluding hydrogens is 386 g/mol. The van der Waals surface area contributed by atoms with Crippen LogP contribution in [0.1, 0.15) is 23.6 Å². The Kier molecular flexibility index (Phi) is 6.41. The molecule has 132 valence electrons. The van der Waals surface area contributed by atoms with Gasteiger partial charge in [0, 0.05) is 4.47 Å². The van der Waals surface area contributed by atoms with E-state index >= 15 is 0 Å². The lowest BCUT2D eigenvalue weighted by Crippen LogP contribution is -2.35. The van der Waals surface area contributed by atoms with Gasteiger partial charge in [0.15, 0.2) is 0 Å². The first-order valence-electron chi connectivity index (χ1n) is 7.65. The average molecular weight is 406 g/mol. The van der Waals surface area contributed by atoms with Gasteiger partial charge in [-0.3, -0.25) is 4.79 Å². The van der Waals surface area contributed by atoms with Crippen molar-refractivity contribution in [3.63, 3.8) is 0 Å². The average Bonchev–Trinajstić information content (AvgIpc) is 2.54. The Hall–Kier alpha value is -2.54. The van der Waals surface area contributed by atoms with Crippen LogP contribution >= 0.6 is 15.9 Å². The summed E-state index contributed by atoms with van der Waals surface area (Å²) < 4.78 is 6.16. The summed E-state index contributed by atoms with van der Waals surface area (Å²) in [5.74, 6) is 0.313. The minimum Gasteiger partial charge on any atom is -0.495 e. The topological polar surface area (TPSA) is 93.4 Å². The Labute approximate surface area is 154 Å². The van der Waals surface area contributed by atoms with E-state index in [-0.39, 0.29) is 12.3 Å². The number of carbonyl (C=O) groups excluding carboxylic acids is 2. The fourth-order valence-electron chi connectivity index (χ4n) is 2.43. The van der Waals surface area contributed by atoms with Crippen molar-refractivity contribution in [1.82, 2.24) is 5.32 Å². The van der Waals surface area contributed by atoms with E-state index in [0.717, 1.165) is 15.6 Å². The molecule has 0 aliphatic carbocycles. The summed E-state index contributed by atoms with van der Waals surface area (Å²) >= 11 is 3.36. The highest BCUT2D eigenvalue weighted by Gasteiger charge is 2.18. The summed E-state index contributed by atoms with van der Waals surface area (Å²) in [5.41, 5.74) is 7.61. The number of urea groups is 1. The van der Waals surface area contributed by atoms with E-state index in [0.29, 0.717) is 11.4 Å². The van der Waals surface area contributed by atoms with E-state index < -0.39 is 12.1 Å². The van der Waals surface area contributed by atoms with Crippen LogP contribution in [-0.4, -0.2) is 19.0 Å². The van der Waals surface area contributed by atoms with Crippen molar-refractivity contribution in [3.05, 3.63) is 58.1 Å². The van der Waals surface area contributed by atoms with Crippen molar-refractivity contribution in [1.29, 1.82) is 0 Å². The SMILES string of the molecule is COc1ccc(C)cc1NC(=O)CC(NC(N)=O)c1ccc(Br)cc1. The maximum Gasteiger partial charge on any atom is 0.312 e. The van der Waals surface area contributed by atoms with Crippen molar-refractivity contribution in [2.24, 2.45) is 5.73 Å². The normalized spacial score (nSPS) is 11.5. The first-order chi connectivity index (χ1) is 11.9. The zero-order chi connectivity index (χ0) is 18.4. The van der Waals surface area contributed by atoms with Gasteiger partial charge in [-0.15, -0.1) is 0 Å². The molecule has 3 amide bonds. The van der Waals surface area contributed by atoms with E-state index in [2.05, 4.69) is 26.6 Å². The second-order valence-electron chi connectivity index (χ2n) is 5.57. The van der Waals surface area contributed by atoms with Crippen molar-refractivity contribution in [2.75, 3.05) is 12.4 Å². The lowest BCUT2D eigenvalue weighted by molar-refractivity contribution is -0.116. The Morgan fingerprint density at radius 3 is 2.48 bits per heavy atom. The van der Waals surface area contributed by atoms with Gasteiger partial charge in [-0.2, -0.15) is 0 Å². The Balaban J connectivity index is 2.15. The van der Waals surface area contributed by atoms with Gasteiger partial charge in [-0.1, -0.05) is 34.1 Å². The number of benzene rings is 2. The molecule has 0 radical (unpaired) electrons. The van der Waals surface area contributed by atoms with Crippen LogP contribution in [0.25, 0.3) is 0 Å². The molecule has 0 aromatic heterocycles. The number of primary amides is 1. The van der Waals surface area contributed by atoms with Gasteiger partial charge in [-0.25, -0.2) is 4.79 Å². The number of nitrogens with two attached hydrogens (primary N) is 1. The van der Waals surface area contributed by atoms with Crippen LogP contribution in [0.15, 0.2) is 46.9 Å². The third-order valence-corrected chi connectivity index (χ3v) is 4.14. The van der Waals surface area contributed by atoms with Gasteiger partial charge in [0.25, 0.3) is 0 Å². The van der Waals surface area contributed by atoms with Crippen LogP contribution < -0.4 is 21.1 Å². The second-order valence-corrected chi connectivity index (χ2v) is 6.48. The van der Waals surface area contributed by atoms with Gasteiger partial charge < -0.3 is 21.1 Å². The number of carbonyl (C=O) groups is 2. The lowest BCUT2D eigenvalue weighted by atomic mass is 10.0. The monoisotopic (exact) mass is 405 g/mol. The number of halogens is 1. The first kappa shape index (κ1) is 18.8. The zero-order valence-electron chi connectivity index (χ0n) is 14.0. The van der Waals surface area contributed by atoms with Crippen LogP contribution in [0, 0.1) is 6.92 Å². The van der Waals surface area contributed by atoms with Gasteiger partial charge in [-0.05, 0) is 42.3 Å². The summed E-state index contributed by atoms with van der Waals surface area (Å²) in [6.45, 7) is 1.92. The van der Waals surface area contributed by atoms with E-state index in [1.165, 1.54) is 0 Å². The molecule has 7 heteroatoms. The molecule has 1 atom stereocenters. The molecule has 2 aromatic carbocycles. The highest BCUT2D eigenvalue weighted by molar-refractivity contribution is 9.10. The Morgan fingerprint density at radius 2 is 1.88 bits per heavy atom. The van der Waals surface area contributed by atoms with E-state index in [4.69, 9.17) is 10.5 Å². The molecule has 0 aliphatic rings. The maximum atomic E-state index is 12.5. The van der Waals surface area contributed by atoms with Crippen molar-refractivity contribution in [3.8, 4) is 5.75 Å². The third-order valence-electron chi connectivity index (χ3n) is 3.61. The Bertz CT molecular complexity index is 763. The third kappa shape index (κ3) is 5.49. The molecule has 0 saturated carbocycles. The summed E-state index contributed by atoms with van der Waals surface area (Å²) in [5, 5.41) is 5.43. The molecule has 25 heavy (non-hydrogen) atoms. The molecule has 0 spiro atoms. The number of ether oxygens (including phenoxy) is 1. The molecule has 6 nitrogen and oxygen atoms in total. The summed E-state index contributed by atoms with van der Waals surface area (Å²) in [4.78, 5) is 23.7. The molecule has 1 unspecified atom stereocenters. The molecule has 0 saturated heterocycles. The van der Waals surface area contributed by atoms with Gasteiger partial charge in [0.1, 0.15) is 5.75 Å². The smallest absolute Gasteiger partial charge is 0.312 e. The van der Waals surface area contributed by atoms with Crippen LogP contribution in [0.5, 0.6) is 5.75 Å². The van der Waals surface area contributed by atoms with Gasteiger partial charge in [0.2, 0.25) is 5.91 Å². The molecular formula is C18H20BrN3O3. The van der Waals surface area contributed by atoms with E-state index in [1.54, 1.807) is 13.2 Å². The molecule has 0 aliphatic heterocycles. The predicted octanol–water partition coefficient (Wildman–Crippen LogP) is 3.50. The Morgan fingerprint density at radius 1 is 1.20 bits per heavy atom. The highest BCUT2D eigenvalue weighted by atomic mass is 79.9. The maximum absolute atomic E-state index is 12.5. The van der Waals surface area contributed by atoms with Crippen LogP contribution in [0.2, 0.25) is 0 Å². The van der Waals surface area contributed by atoms with Crippen LogP contribution in [0.4, 0.5) is 10.5 Å². The largest absolute Gasteiger partial charge is 0.495 e. The number of hydrogen-bond donors (Lipinski definition) is 3. The number of anilines is 1. The number of rotatable bonds is 6. The minimum atomic E-state index is -0.686. The number of nitrogens with one attached hydrogen (secondary N) is 2. The van der Waals surface area contributed by atoms with Gasteiger partial charge in [0.05, 0.1) is 25.3 Å². The minimum absolute atomic E-state index is 0.0433. The number of methoxy groups -OCH3 is 1. The van der Waals surface area contributed by atoms with Crippen LogP contribution in [0.3, 0.4) is 0 Å². The molecule has 0 bridgehead atoms. The van der Waals surface area contributed by atoms with E-state index in [1.807, 2.05) is 43.3 Å². The van der Waals surface area contributed by atoms with E-state index in [9.17, 15) is 9.59 Å². The fraction of sp³-hybridized carbons (Fsp3) is 0.222. The molecule has 0 fully saturated rings. The second kappa shape index (κ2) is 8.53. The highest BCUT2D eigenvalue weighted by Crippen LogP contribution is 2.26. The number of amides is 3. The summed E-state index contributed by atoms with van der Waals surface area (Å²) in [7, 11) is 1.54. The first-order valence-corrected chi connectivity index (χ1v) is 8.44.